The average molecular weight is 324 g/mol. The Labute approximate surface area is 142 Å². The lowest BCUT2D eigenvalue weighted by Gasteiger charge is -2.11. The van der Waals surface area contributed by atoms with Crippen LogP contribution in [0.25, 0.3) is 11.1 Å². The lowest BCUT2D eigenvalue weighted by Crippen LogP contribution is -2.22. The number of hydrogen-bond acceptors (Lipinski definition) is 2. The summed E-state index contributed by atoms with van der Waals surface area (Å²) in [4.78, 5) is 13.0. The summed E-state index contributed by atoms with van der Waals surface area (Å²) in [6.07, 6.45) is 3.85. The van der Waals surface area contributed by atoms with Gasteiger partial charge in [0.05, 0.1) is 0 Å². The van der Waals surface area contributed by atoms with E-state index in [4.69, 9.17) is 0 Å². The highest BCUT2D eigenvalue weighted by Crippen LogP contribution is 2.34. The summed E-state index contributed by atoms with van der Waals surface area (Å²) >= 11 is 0. The standard InChI is InChI=1S/C20H24N2O2/c1-4-9-15-12-14(3)17(16(5-2)13-15)18-19(23)21-10-7-6-8-11-22(21)20(18)24/h12-13,23H,5-8,10-11H2,1-3H3. The second kappa shape index (κ2) is 6.60. The molecule has 0 radical (unpaired) electrons. The molecule has 1 aliphatic rings. The second-order valence-electron chi connectivity index (χ2n) is 6.37. The molecule has 0 unspecified atom stereocenters. The molecule has 24 heavy (non-hydrogen) atoms. The molecule has 1 aromatic heterocycles. The molecule has 0 spiro atoms. The van der Waals surface area contributed by atoms with Crippen LogP contribution in [0.15, 0.2) is 16.9 Å². The van der Waals surface area contributed by atoms with Gasteiger partial charge >= 0.3 is 0 Å². The molecule has 4 nitrogen and oxygen atoms in total. The van der Waals surface area contributed by atoms with E-state index < -0.39 is 0 Å². The Balaban J connectivity index is 2.26. The largest absolute Gasteiger partial charge is 0.493 e. The maximum absolute atomic E-state index is 13.0. The van der Waals surface area contributed by atoms with Crippen molar-refractivity contribution in [2.75, 3.05) is 0 Å². The van der Waals surface area contributed by atoms with Gasteiger partial charge in [0.2, 0.25) is 5.88 Å². The van der Waals surface area contributed by atoms with E-state index in [1.165, 1.54) is 0 Å². The Morgan fingerprint density at radius 1 is 1.12 bits per heavy atom. The SMILES string of the molecule is CC#Cc1cc(C)c(-c2c(O)n3n(c2=O)CCCCC3)c(CC)c1. The van der Waals surface area contributed by atoms with Gasteiger partial charge in [0, 0.05) is 18.7 Å². The Kier molecular flexibility index (Phi) is 4.53. The zero-order chi connectivity index (χ0) is 17.3. The molecular formula is C20H24N2O2. The third-order valence-electron chi connectivity index (χ3n) is 4.77. The minimum atomic E-state index is -0.0819. The molecule has 1 aromatic carbocycles. The summed E-state index contributed by atoms with van der Waals surface area (Å²) < 4.78 is 3.46. The summed E-state index contributed by atoms with van der Waals surface area (Å²) in [6.45, 7) is 7.24. The van der Waals surface area contributed by atoms with Crippen LogP contribution in [-0.4, -0.2) is 14.5 Å². The van der Waals surface area contributed by atoms with E-state index in [1.807, 2.05) is 26.0 Å². The van der Waals surface area contributed by atoms with Gasteiger partial charge in [0.15, 0.2) is 0 Å². The van der Waals surface area contributed by atoms with Crippen LogP contribution >= 0.6 is 0 Å². The quantitative estimate of drug-likeness (QED) is 0.860. The molecule has 3 rings (SSSR count). The average Bonchev–Trinajstić information content (AvgIpc) is 2.75. The van der Waals surface area contributed by atoms with Crippen LogP contribution < -0.4 is 5.56 Å². The van der Waals surface area contributed by atoms with Crippen LogP contribution in [-0.2, 0) is 19.5 Å². The van der Waals surface area contributed by atoms with E-state index in [-0.39, 0.29) is 11.4 Å². The van der Waals surface area contributed by atoms with Crippen molar-refractivity contribution in [1.29, 1.82) is 0 Å². The van der Waals surface area contributed by atoms with Crippen molar-refractivity contribution < 1.29 is 5.11 Å². The summed E-state index contributed by atoms with van der Waals surface area (Å²) in [5.74, 6) is 6.11. The number of benzene rings is 1. The molecule has 0 bridgehead atoms. The number of fused-ring (bicyclic) bond motifs is 1. The minimum Gasteiger partial charge on any atom is -0.493 e. The van der Waals surface area contributed by atoms with Crippen molar-refractivity contribution in [3.05, 3.63) is 39.2 Å². The monoisotopic (exact) mass is 324 g/mol. The van der Waals surface area contributed by atoms with Gasteiger partial charge in [-0.3, -0.25) is 9.48 Å². The molecule has 126 valence electrons. The molecule has 0 saturated heterocycles. The van der Waals surface area contributed by atoms with Gasteiger partial charge in [-0.1, -0.05) is 12.8 Å². The van der Waals surface area contributed by atoms with Gasteiger partial charge in [-0.15, -0.1) is 5.92 Å². The van der Waals surface area contributed by atoms with Crippen LogP contribution in [0.1, 0.15) is 49.8 Å². The van der Waals surface area contributed by atoms with Crippen molar-refractivity contribution in [3.8, 4) is 28.8 Å². The lowest BCUT2D eigenvalue weighted by atomic mass is 9.92. The summed E-state index contributed by atoms with van der Waals surface area (Å²) in [7, 11) is 0. The van der Waals surface area contributed by atoms with Crippen molar-refractivity contribution in [2.45, 2.75) is 59.5 Å². The van der Waals surface area contributed by atoms with Crippen LogP contribution in [0, 0.1) is 18.8 Å². The molecule has 0 saturated carbocycles. The summed E-state index contributed by atoms with van der Waals surface area (Å²) in [5.41, 5.74) is 4.23. The van der Waals surface area contributed by atoms with Crippen molar-refractivity contribution in [1.82, 2.24) is 9.36 Å². The normalized spacial score (nSPS) is 13.8. The first kappa shape index (κ1) is 16.4. The number of aromatic hydroxyl groups is 1. The highest BCUT2D eigenvalue weighted by molar-refractivity contribution is 5.75. The maximum Gasteiger partial charge on any atom is 0.278 e. The van der Waals surface area contributed by atoms with Crippen LogP contribution in [0.4, 0.5) is 0 Å². The fourth-order valence-electron chi connectivity index (χ4n) is 3.66. The van der Waals surface area contributed by atoms with Gasteiger partial charge in [-0.05, 0) is 68.4 Å². The molecule has 1 N–H and O–H groups in total. The first-order valence-corrected chi connectivity index (χ1v) is 8.67. The van der Waals surface area contributed by atoms with Crippen LogP contribution in [0.5, 0.6) is 5.88 Å². The van der Waals surface area contributed by atoms with Gasteiger partial charge in [0.25, 0.3) is 5.56 Å². The smallest absolute Gasteiger partial charge is 0.278 e. The van der Waals surface area contributed by atoms with Gasteiger partial charge in [0.1, 0.15) is 5.56 Å². The van der Waals surface area contributed by atoms with Crippen molar-refractivity contribution in [3.63, 3.8) is 0 Å². The maximum atomic E-state index is 13.0. The highest BCUT2D eigenvalue weighted by atomic mass is 16.3. The number of aromatic nitrogens is 2. The molecule has 0 amide bonds. The fraction of sp³-hybridized carbons (Fsp3) is 0.450. The van der Waals surface area contributed by atoms with Gasteiger partial charge in [-0.25, -0.2) is 4.68 Å². The third kappa shape index (κ3) is 2.65. The van der Waals surface area contributed by atoms with E-state index in [0.717, 1.165) is 47.9 Å². The van der Waals surface area contributed by atoms with Crippen molar-refractivity contribution in [2.24, 2.45) is 0 Å². The number of nitrogens with zero attached hydrogens (tertiary/aromatic N) is 2. The molecule has 0 fully saturated rings. The van der Waals surface area contributed by atoms with E-state index >= 15 is 0 Å². The molecule has 2 aromatic rings. The fourth-order valence-corrected chi connectivity index (χ4v) is 3.66. The molecule has 4 heteroatoms. The predicted octanol–water partition coefficient (Wildman–Crippen LogP) is 3.45. The van der Waals surface area contributed by atoms with Crippen molar-refractivity contribution >= 4 is 0 Å². The second-order valence-corrected chi connectivity index (χ2v) is 6.37. The van der Waals surface area contributed by atoms with E-state index in [1.54, 1.807) is 9.36 Å². The van der Waals surface area contributed by atoms with Crippen LogP contribution in [0.2, 0.25) is 0 Å². The summed E-state index contributed by atoms with van der Waals surface area (Å²) in [5, 5.41) is 10.8. The summed E-state index contributed by atoms with van der Waals surface area (Å²) in [6, 6.07) is 4.03. The zero-order valence-electron chi connectivity index (χ0n) is 14.6. The Morgan fingerprint density at radius 2 is 1.83 bits per heavy atom. The number of rotatable bonds is 2. The van der Waals surface area contributed by atoms with E-state index in [2.05, 4.69) is 18.8 Å². The first-order chi connectivity index (χ1) is 11.6. The van der Waals surface area contributed by atoms with Crippen LogP contribution in [0.3, 0.4) is 0 Å². The topological polar surface area (TPSA) is 47.2 Å². The molecule has 2 heterocycles. The van der Waals surface area contributed by atoms with E-state index in [9.17, 15) is 9.90 Å². The molecular weight excluding hydrogens is 300 g/mol. The van der Waals surface area contributed by atoms with E-state index in [0.29, 0.717) is 18.7 Å². The minimum absolute atomic E-state index is 0.0819. The molecule has 0 atom stereocenters. The lowest BCUT2D eigenvalue weighted by molar-refractivity contribution is 0.366. The molecule has 0 aliphatic carbocycles. The molecule has 1 aliphatic heterocycles. The Morgan fingerprint density at radius 3 is 2.50 bits per heavy atom. The Bertz CT molecular complexity index is 891. The zero-order valence-corrected chi connectivity index (χ0v) is 14.6. The van der Waals surface area contributed by atoms with Gasteiger partial charge < -0.3 is 5.11 Å². The first-order valence-electron chi connectivity index (χ1n) is 8.67. The number of hydrogen-bond donors (Lipinski definition) is 1. The third-order valence-corrected chi connectivity index (χ3v) is 4.77. The highest BCUT2D eigenvalue weighted by Gasteiger charge is 2.24. The predicted molar refractivity (Wildman–Crippen MR) is 96.3 cm³/mol. The van der Waals surface area contributed by atoms with Gasteiger partial charge in [-0.2, -0.15) is 0 Å². The Hall–Kier alpha value is -2.41. The number of aryl methyl sites for hydroxylation is 2.